The Labute approximate surface area is 134 Å². The highest BCUT2D eigenvalue weighted by molar-refractivity contribution is 5.51. The Hall–Kier alpha value is -2.21. The van der Waals surface area contributed by atoms with Gasteiger partial charge in [-0.2, -0.15) is 0 Å². The standard InChI is InChI=1S/C17H19FN4O/c18-12-6-13(19-7-12)8-20-17-14-5-11-3-1-2-4-16(11)23-9-15(14)21-10-22-17/h1-4,10,12-13,19H,5-9H2,(H,20,21,22)/t12-,13-/m0/s1. The predicted octanol–water partition coefficient (Wildman–Crippen LogP) is 2.07. The van der Waals surface area contributed by atoms with Crippen molar-refractivity contribution in [3.8, 4) is 5.75 Å². The fraction of sp³-hybridized carbons (Fsp3) is 0.412. The second-order valence-electron chi connectivity index (χ2n) is 6.04. The van der Waals surface area contributed by atoms with Gasteiger partial charge >= 0.3 is 0 Å². The number of nitrogens with one attached hydrogen (secondary N) is 2. The Morgan fingerprint density at radius 2 is 2.22 bits per heavy atom. The van der Waals surface area contributed by atoms with E-state index in [4.69, 9.17) is 4.74 Å². The first-order valence-corrected chi connectivity index (χ1v) is 7.94. The van der Waals surface area contributed by atoms with Crippen molar-refractivity contribution < 1.29 is 9.13 Å². The quantitative estimate of drug-likeness (QED) is 0.908. The summed E-state index contributed by atoms with van der Waals surface area (Å²) in [7, 11) is 0. The maximum atomic E-state index is 13.3. The number of fused-ring (bicyclic) bond motifs is 2. The Morgan fingerprint density at radius 1 is 1.30 bits per heavy atom. The molecule has 0 aliphatic carbocycles. The molecule has 0 saturated carbocycles. The molecule has 6 heteroatoms. The largest absolute Gasteiger partial charge is 0.487 e. The van der Waals surface area contributed by atoms with Gasteiger partial charge in [-0.1, -0.05) is 18.2 Å². The molecule has 2 aliphatic rings. The van der Waals surface area contributed by atoms with Gasteiger partial charge in [-0.3, -0.25) is 0 Å². The van der Waals surface area contributed by atoms with Crippen LogP contribution in [0.1, 0.15) is 23.2 Å². The van der Waals surface area contributed by atoms with Gasteiger partial charge in [-0.05, 0) is 18.1 Å². The Bertz CT molecular complexity index is 709. The zero-order valence-electron chi connectivity index (χ0n) is 12.8. The fourth-order valence-corrected chi connectivity index (χ4v) is 3.18. The van der Waals surface area contributed by atoms with Crippen LogP contribution >= 0.6 is 0 Å². The van der Waals surface area contributed by atoms with Crippen molar-refractivity contribution in [1.29, 1.82) is 0 Å². The molecule has 2 atom stereocenters. The topological polar surface area (TPSA) is 59.1 Å². The highest BCUT2D eigenvalue weighted by Gasteiger charge is 2.24. The van der Waals surface area contributed by atoms with E-state index in [1.807, 2.05) is 18.2 Å². The summed E-state index contributed by atoms with van der Waals surface area (Å²) in [6.07, 6.45) is 2.09. The normalized spacial score (nSPS) is 22.7. The number of rotatable bonds is 3. The van der Waals surface area contributed by atoms with Crippen molar-refractivity contribution in [2.24, 2.45) is 0 Å². The Morgan fingerprint density at radius 3 is 3.09 bits per heavy atom. The van der Waals surface area contributed by atoms with Gasteiger partial charge in [0.15, 0.2) is 0 Å². The van der Waals surface area contributed by atoms with E-state index in [9.17, 15) is 4.39 Å². The van der Waals surface area contributed by atoms with Crippen LogP contribution in [0, 0.1) is 0 Å². The monoisotopic (exact) mass is 314 g/mol. The first kappa shape index (κ1) is 14.4. The first-order chi connectivity index (χ1) is 11.3. The molecule has 5 nitrogen and oxygen atoms in total. The summed E-state index contributed by atoms with van der Waals surface area (Å²) < 4.78 is 19.1. The van der Waals surface area contributed by atoms with E-state index >= 15 is 0 Å². The third kappa shape index (κ3) is 2.99. The van der Waals surface area contributed by atoms with Crippen LogP contribution in [0.25, 0.3) is 0 Å². The average molecular weight is 314 g/mol. The maximum Gasteiger partial charge on any atom is 0.133 e. The zero-order valence-corrected chi connectivity index (χ0v) is 12.8. The molecule has 0 amide bonds. The van der Waals surface area contributed by atoms with Gasteiger partial charge < -0.3 is 15.4 Å². The molecular formula is C17H19FN4O. The smallest absolute Gasteiger partial charge is 0.133 e. The minimum atomic E-state index is -0.746. The van der Waals surface area contributed by atoms with Gasteiger partial charge in [-0.15, -0.1) is 0 Å². The van der Waals surface area contributed by atoms with E-state index in [0.717, 1.165) is 34.8 Å². The molecule has 1 aromatic heterocycles. The summed E-state index contributed by atoms with van der Waals surface area (Å²) in [5, 5.41) is 6.54. The molecule has 3 heterocycles. The van der Waals surface area contributed by atoms with Gasteiger partial charge in [0.25, 0.3) is 0 Å². The zero-order chi connectivity index (χ0) is 15.6. The molecule has 23 heavy (non-hydrogen) atoms. The van der Waals surface area contributed by atoms with Gasteiger partial charge in [0.2, 0.25) is 0 Å². The third-order valence-electron chi connectivity index (χ3n) is 4.42. The van der Waals surface area contributed by atoms with Gasteiger partial charge in [0.1, 0.15) is 30.7 Å². The van der Waals surface area contributed by atoms with Crippen molar-refractivity contribution in [1.82, 2.24) is 15.3 Å². The summed E-state index contributed by atoms with van der Waals surface area (Å²) in [5.41, 5.74) is 3.10. The first-order valence-electron chi connectivity index (χ1n) is 7.94. The average Bonchev–Trinajstić information content (AvgIpc) is 2.89. The molecule has 1 aromatic carbocycles. The molecule has 4 rings (SSSR count). The second kappa shape index (κ2) is 6.12. The molecular weight excluding hydrogens is 295 g/mol. The van der Waals surface area contributed by atoms with Crippen LogP contribution in [-0.2, 0) is 13.0 Å². The molecule has 1 fully saturated rings. The van der Waals surface area contributed by atoms with Crippen LogP contribution < -0.4 is 15.4 Å². The number of benzene rings is 1. The molecule has 0 radical (unpaired) electrons. The number of halogens is 1. The summed E-state index contributed by atoms with van der Waals surface area (Å²) in [6.45, 7) is 1.54. The Balaban J connectivity index is 1.56. The predicted molar refractivity (Wildman–Crippen MR) is 85.4 cm³/mol. The minimum Gasteiger partial charge on any atom is -0.487 e. The number of ether oxygens (including phenoxy) is 1. The number of nitrogens with zero attached hydrogens (tertiary/aromatic N) is 2. The summed E-state index contributed by atoms with van der Waals surface area (Å²) in [5.74, 6) is 1.72. The minimum absolute atomic E-state index is 0.143. The lowest BCUT2D eigenvalue weighted by Crippen LogP contribution is -2.30. The van der Waals surface area contributed by atoms with Crippen molar-refractivity contribution >= 4 is 5.82 Å². The van der Waals surface area contributed by atoms with E-state index in [1.165, 1.54) is 0 Å². The maximum absolute atomic E-state index is 13.3. The van der Waals surface area contributed by atoms with E-state index in [-0.39, 0.29) is 6.04 Å². The van der Waals surface area contributed by atoms with Crippen LogP contribution in [0.2, 0.25) is 0 Å². The number of para-hydroxylation sites is 1. The van der Waals surface area contributed by atoms with Crippen LogP contribution in [0.4, 0.5) is 10.2 Å². The number of hydrogen-bond donors (Lipinski definition) is 2. The highest BCUT2D eigenvalue weighted by atomic mass is 19.1. The molecule has 2 aliphatic heterocycles. The van der Waals surface area contributed by atoms with Gasteiger partial charge in [-0.25, -0.2) is 14.4 Å². The van der Waals surface area contributed by atoms with Crippen molar-refractivity contribution in [2.45, 2.75) is 31.7 Å². The molecule has 2 aromatic rings. The van der Waals surface area contributed by atoms with Crippen molar-refractivity contribution in [2.75, 3.05) is 18.4 Å². The molecule has 0 spiro atoms. The lowest BCUT2D eigenvalue weighted by molar-refractivity contribution is 0.302. The van der Waals surface area contributed by atoms with Crippen LogP contribution in [0.3, 0.4) is 0 Å². The summed E-state index contributed by atoms with van der Waals surface area (Å²) >= 11 is 0. The molecule has 0 bridgehead atoms. The fourth-order valence-electron chi connectivity index (χ4n) is 3.18. The lowest BCUT2D eigenvalue weighted by atomic mass is 10.0. The van der Waals surface area contributed by atoms with Crippen molar-refractivity contribution in [3.05, 3.63) is 47.4 Å². The molecule has 2 N–H and O–H groups in total. The van der Waals surface area contributed by atoms with Crippen LogP contribution in [0.5, 0.6) is 5.75 Å². The van der Waals surface area contributed by atoms with E-state index < -0.39 is 6.17 Å². The SMILES string of the molecule is F[C@@H]1CN[C@H](CNc2ncnc3c2Cc2ccccc2OC3)C1. The van der Waals surface area contributed by atoms with Gasteiger partial charge in [0, 0.05) is 31.1 Å². The number of anilines is 1. The third-order valence-corrected chi connectivity index (χ3v) is 4.42. The van der Waals surface area contributed by atoms with E-state index in [2.05, 4.69) is 26.7 Å². The highest BCUT2D eigenvalue weighted by Crippen LogP contribution is 2.30. The van der Waals surface area contributed by atoms with Crippen LogP contribution in [0.15, 0.2) is 30.6 Å². The van der Waals surface area contributed by atoms with Crippen LogP contribution in [-0.4, -0.2) is 35.3 Å². The van der Waals surface area contributed by atoms with E-state index in [1.54, 1.807) is 6.33 Å². The lowest BCUT2D eigenvalue weighted by Gasteiger charge is -2.15. The van der Waals surface area contributed by atoms with Crippen molar-refractivity contribution in [3.63, 3.8) is 0 Å². The second-order valence-corrected chi connectivity index (χ2v) is 6.04. The molecule has 1 saturated heterocycles. The molecule has 0 unspecified atom stereocenters. The molecule has 120 valence electrons. The van der Waals surface area contributed by atoms with E-state index in [0.29, 0.717) is 26.1 Å². The Kier molecular flexibility index (Phi) is 3.83. The summed E-state index contributed by atoms with van der Waals surface area (Å²) in [4.78, 5) is 8.75. The number of aromatic nitrogens is 2. The number of hydrogen-bond acceptors (Lipinski definition) is 5. The number of alkyl halides is 1. The van der Waals surface area contributed by atoms with Gasteiger partial charge in [0.05, 0.1) is 5.69 Å². The summed E-state index contributed by atoms with van der Waals surface area (Å²) in [6, 6.07) is 8.16.